The van der Waals surface area contributed by atoms with Gasteiger partial charge in [-0.05, 0) is 37.6 Å². The molecule has 8 heteroatoms. The smallest absolute Gasteiger partial charge is 0.257 e. The molecule has 0 saturated carbocycles. The van der Waals surface area contributed by atoms with Crippen LogP contribution in [0, 0.1) is 13.8 Å². The van der Waals surface area contributed by atoms with Crippen molar-refractivity contribution in [2.24, 2.45) is 0 Å². The van der Waals surface area contributed by atoms with Gasteiger partial charge in [0.1, 0.15) is 5.75 Å². The summed E-state index contributed by atoms with van der Waals surface area (Å²) in [5, 5.41) is 11.1. The Morgan fingerprint density at radius 2 is 1.96 bits per heavy atom. The lowest BCUT2D eigenvalue weighted by molar-refractivity contribution is 0.101. The summed E-state index contributed by atoms with van der Waals surface area (Å²) in [6.07, 6.45) is 0. The molecule has 28 heavy (non-hydrogen) atoms. The van der Waals surface area contributed by atoms with Crippen molar-refractivity contribution >= 4 is 39.9 Å². The highest BCUT2D eigenvalue weighted by atomic mass is 32.2. The fourth-order valence-corrected chi connectivity index (χ4v) is 4.21. The lowest BCUT2D eigenvalue weighted by Crippen LogP contribution is -2.11. The second kappa shape index (κ2) is 8.99. The maximum absolute atomic E-state index is 12.4. The average molecular weight is 414 g/mol. The van der Waals surface area contributed by atoms with Gasteiger partial charge in [-0.2, -0.15) is 0 Å². The summed E-state index contributed by atoms with van der Waals surface area (Å²) in [4.78, 5) is 24.8. The monoisotopic (exact) mass is 413 g/mol. The Hall–Kier alpha value is -2.71. The van der Waals surface area contributed by atoms with E-state index in [0.29, 0.717) is 26.3 Å². The molecule has 0 aliphatic heterocycles. The van der Waals surface area contributed by atoms with Gasteiger partial charge < -0.3 is 4.74 Å². The van der Waals surface area contributed by atoms with Crippen molar-refractivity contribution < 1.29 is 14.3 Å². The molecule has 0 aliphatic rings. The summed E-state index contributed by atoms with van der Waals surface area (Å²) in [6, 6.07) is 12.6. The number of hydrogen-bond acceptors (Lipinski definition) is 7. The van der Waals surface area contributed by atoms with Crippen molar-refractivity contribution in [2.45, 2.75) is 18.2 Å². The molecule has 144 valence electrons. The molecule has 0 fully saturated rings. The van der Waals surface area contributed by atoms with Crippen LogP contribution in [0.4, 0.5) is 5.13 Å². The van der Waals surface area contributed by atoms with Crippen LogP contribution < -0.4 is 10.1 Å². The van der Waals surface area contributed by atoms with Gasteiger partial charge in [-0.3, -0.25) is 14.9 Å². The number of rotatable bonds is 7. The van der Waals surface area contributed by atoms with Crippen LogP contribution in [0.15, 0.2) is 46.8 Å². The van der Waals surface area contributed by atoms with E-state index in [4.69, 9.17) is 4.74 Å². The Labute approximate surface area is 171 Å². The molecule has 1 N–H and O–H groups in total. The highest BCUT2D eigenvalue weighted by Gasteiger charge is 2.14. The number of carbonyl (C=O) groups is 2. The minimum Gasteiger partial charge on any atom is -0.497 e. The number of nitrogens with zero attached hydrogens (tertiary/aromatic N) is 2. The molecule has 6 nitrogen and oxygen atoms in total. The first-order chi connectivity index (χ1) is 13.5. The standard InChI is InChI=1S/C20H19N3O3S2/c1-12-7-8-16(13(2)9-12)17(24)11-27-20-23-22-19(28-20)21-18(25)14-5-4-6-15(10-14)26-3/h4-10H,11H2,1-3H3,(H,21,22,25). The van der Waals surface area contributed by atoms with Crippen molar-refractivity contribution in [1.29, 1.82) is 0 Å². The minimum atomic E-state index is -0.294. The first kappa shape index (κ1) is 20.0. The van der Waals surface area contributed by atoms with E-state index < -0.39 is 0 Å². The van der Waals surface area contributed by atoms with Gasteiger partial charge in [-0.1, -0.05) is 52.9 Å². The van der Waals surface area contributed by atoms with Crippen LogP contribution in [-0.2, 0) is 0 Å². The van der Waals surface area contributed by atoms with Gasteiger partial charge in [0.05, 0.1) is 12.9 Å². The number of carbonyl (C=O) groups excluding carboxylic acids is 2. The van der Waals surface area contributed by atoms with Crippen molar-refractivity contribution in [2.75, 3.05) is 18.2 Å². The molecule has 3 rings (SSSR count). The zero-order valence-electron chi connectivity index (χ0n) is 15.7. The quantitative estimate of drug-likeness (QED) is 0.351. The van der Waals surface area contributed by atoms with Gasteiger partial charge in [-0.15, -0.1) is 10.2 Å². The molecule has 1 amide bonds. The number of amides is 1. The zero-order chi connectivity index (χ0) is 20.1. The van der Waals surface area contributed by atoms with Crippen molar-refractivity contribution in [1.82, 2.24) is 10.2 Å². The number of aromatic nitrogens is 2. The number of methoxy groups -OCH3 is 1. The van der Waals surface area contributed by atoms with Gasteiger partial charge in [0.15, 0.2) is 10.1 Å². The molecule has 0 unspecified atom stereocenters. The first-order valence-corrected chi connectivity index (χ1v) is 10.3. The molecule has 0 atom stereocenters. The number of Topliss-reactive ketones (excluding diaryl/α,β-unsaturated/α-hetero) is 1. The van der Waals surface area contributed by atoms with Gasteiger partial charge >= 0.3 is 0 Å². The minimum absolute atomic E-state index is 0.0414. The number of ether oxygens (including phenoxy) is 1. The van der Waals surface area contributed by atoms with E-state index >= 15 is 0 Å². The van der Waals surface area contributed by atoms with E-state index in [2.05, 4.69) is 15.5 Å². The molecule has 0 spiro atoms. The summed E-state index contributed by atoms with van der Waals surface area (Å²) in [5.74, 6) is 0.617. The SMILES string of the molecule is COc1cccc(C(=O)Nc2nnc(SCC(=O)c3ccc(C)cc3C)s2)c1. The van der Waals surface area contributed by atoms with Crippen LogP contribution in [0.5, 0.6) is 5.75 Å². The fraction of sp³-hybridized carbons (Fsp3) is 0.200. The number of benzene rings is 2. The Balaban J connectivity index is 1.59. The predicted molar refractivity (Wildman–Crippen MR) is 112 cm³/mol. The second-order valence-electron chi connectivity index (χ2n) is 6.09. The topological polar surface area (TPSA) is 81.2 Å². The molecule has 2 aromatic carbocycles. The van der Waals surface area contributed by atoms with E-state index in [-0.39, 0.29) is 17.4 Å². The molecular formula is C20H19N3O3S2. The largest absolute Gasteiger partial charge is 0.497 e. The summed E-state index contributed by atoms with van der Waals surface area (Å²) >= 11 is 2.55. The first-order valence-electron chi connectivity index (χ1n) is 8.48. The van der Waals surface area contributed by atoms with Gasteiger partial charge in [-0.25, -0.2) is 0 Å². The van der Waals surface area contributed by atoms with Gasteiger partial charge in [0.25, 0.3) is 5.91 Å². The molecule has 3 aromatic rings. The molecular weight excluding hydrogens is 394 g/mol. The summed E-state index contributed by atoms with van der Waals surface area (Å²) in [6.45, 7) is 3.93. The van der Waals surface area contributed by atoms with Crippen LogP contribution >= 0.6 is 23.1 Å². The third kappa shape index (κ3) is 4.96. The highest BCUT2D eigenvalue weighted by Crippen LogP contribution is 2.27. The highest BCUT2D eigenvalue weighted by molar-refractivity contribution is 8.01. The fourth-order valence-electron chi connectivity index (χ4n) is 2.58. The average Bonchev–Trinajstić information content (AvgIpc) is 3.13. The maximum atomic E-state index is 12.4. The lowest BCUT2D eigenvalue weighted by Gasteiger charge is -2.05. The van der Waals surface area contributed by atoms with Crippen LogP contribution in [-0.4, -0.2) is 34.8 Å². The number of ketones is 1. The lowest BCUT2D eigenvalue weighted by atomic mass is 10.0. The predicted octanol–water partition coefficient (Wildman–Crippen LogP) is 4.39. The van der Waals surface area contributed by atoms with Crippen LogP contribution in [0.2, 0.25) is 0 Å². The Morgan fingerprint density at radius 3 is 2.71 bits per heavy atom. The normalized spacial score (nSPS) is 10.5. The number of nitrogens with one attached hydrogen (secondary N) is 1. The number of hydrogen-bond donors (Lipinski definition) is 1. The van der Waals surface area contributed by atoms with Crippen LogP contribution in [0.1, 0.15) is 31.8 Å². The summed E-state index contributed by atoms with van der Waals surface area (Å²) < 4.78 is 5.75. The van der Waals surface area contributed by atoms with Crippen molar-refractivity contribution in [3.05, 3.63) is 64.7 Å². The maximum Gasteiger partial charge on any atom is 0.257 e. The van der Waals surface area contributed by atoms with Gasteiger partial charge in [0, 0.05) is 11.1 Å². The number of aryl methyl sites for hydroxylation is 2. The molecule has 0 saturated heterocycles. The van der Waals surface area contributed by atoms with Crippen molar-refractivity contribution in [3.63, 3.8) is 0 Å². The Morgan fingerprint density at radius 1 is 1.14 bits per heavy atom. The third-order valence-electron chi connectivity index (χ3n) is 3.97. The Bertz CT molecular complexity index is 1020. The molecule has 0 bridgehead atoms. The third-order valence-corrected chi connectivity index (χ3v) is 5.94. The molecule has 0 radical (unpaired) electrons. The van der Waals surface area contributed by atoms with Gasteiger partial charge in [0.2, 0.25) is 5.13 Å². The number of thioether (sulfide) groups is 1. The Kier molecular flexibility index (Phi) is 6.43. The molecule has 1 heterocycles. The van der Waals surface area contributed by atoms with Crippen LogP contribution in [0.3, 0.4) is 0 Å². The second-order valence-corrected chi connectivity index (χ2v) is 8.29. The van der Waals surface area contributed by atoms with Crippen LogP contribution in [0.25, 0.3) is 0 Å². The zero-order valence-corrected chi connectivity index (χ0v) is 17.3. The summed E-state index contributed by atoms with van der Waals surface area (Å²) in [7, 11) is 1.55. The van der Waals surface area contributed by atoms with E-state index in [9.17, 15) is 9.59 Å². The number of anilines is 1. The van der Waals surface area contributed by atoms with E-state index in [0.717, 1.165) is 11.1 Å². The molecule has 1 aromatic heterocycles. The summed E-state index contributed by atoms with van der Waals surface area (Å²) in [5.41, 5.74) is 3.28. The van der Waals surface area contributed by atoms with Crippen molar-refractivity contribution in [3.8, 4) is 5.75 Å². The van der Waals surface area contributed by atoms with E-state index in [1.165, 1.54) is 23.1 Å². The van der Waals surface area contributed by atoms with E-state index in [1.54, 1.807) is 31.4 Å². The van der Waals surface area contributed by atoms with E-state index in [1.807, 2.05) is 32.0 Å². The molecule has 0 aliphatic carbocycles.